The average molecular weight is 243 g/mol. The standard InChI is InChI=1S/C14H13NOS/c1-11-7-9-12(10-8-11)14(16)15-17-13-5-3-2-4-6-13/h2-10H,1H3,(H,15,16). The molecule has 0 atom stereocenters. The molecule has 1 N–H and O–H groups in total. The van der Waals surface area contributed by atoms with E-state index >= 15 is 0 Å². The number of rotatable bonds is 3. The molecule has 0 unspecified atom stereocenters. The van der Waals surface area contributed by atoms with Crippen molar-refractivity contribution in [3.63, 3.8) is 0 Å². The van der Waals surface area contributed by atoms with Gasteiger partial charge in [0.25, 0.3) is 5.91 Å². The van der Waals surface area contributed by atoms with Crippen LogP contribution < -0.4 is 4.72 Å². The maximum absolute atomic E-state index is 11.8. The van der Waals surface area contributed by atoms with Crippen LogP contribution in [0.4, 0.5) is 0 Å². The zero-order valence-electron chi connectivity index (χ0n) is 9.51. The van der Waals surface area contributed by atoms with Crippen molar-refractivity contribution in [3.8, 4) is 0 Å². The van der Waals surface area contributed by atoms with E-state index < -0.39 is 0 Å². The molecular weight excluding hydrogens is 230 g/mol. The molecule has 2 rings (SSSR count). The third-order valence-electron chi connectivity index (χ3n) is 2.32. The quantitative estimate of drug-likeness (QED) is 0.837. The summed E-state index contributed by atoms with van der Waals surface area (Å²) >= 11 is 1.33. The van der Waals surface area contributed by atoms with E-state index in [2.05, 4.69) is 4.72 Å². The summed E-state index contributed by atoms with van der Waals surface area (Å²) in [5.41, 5.74) is 1.83. The van der Waals surface area contributed by atoms with Gasteiger partial charge in [0.05, 0.1) is 0 Å². The summed E-state index contributed by atoms with van der Waals surface area (Å²) in [5.74, 6) is -0.0705. The molecule has 0 radical (unpaired) electrons. The lowest BCUT2D eigenvalue weighted by atomic mass is 10.1. The van der Waals surface area contributed by atoms with Crippen LogP contribution in [0.25, 0.3) is 0 Å². The van der Waals surface area contributed by atoms with Gasteiger partial charge >= 0.3 is 0 Å². The minimum atomic E-state index is -0.0705. The van der Waals surface area contributed by atoms with Gasteiger partial charge in [-0.25, -0.2) is 0 Å². The summed E-state index contributed by atoms with van der Waals surface area (Å²) in [6.45, 7) is 2.00. The number of nitrogens with one attached hydrogen (secondary N) is 1. The number of benzene rings is 2. The maximum Gasteiger partial charge on any atom is 0.261 e. The Morgan fingerprint density at radius 1 is 1.00 bits per heavy atom. The van der Waals surface area contributed by atoms with E-state index in [1.807, 2.05) is 61.5 Å². The van der Waals surface area contributed by atoms with Crippen LogP contribution in [0.3, 0.4) is 0 Å². The Labute approximate surface area is 105 Å². The van der Waals surface area contributed by atoms with Crippen molar-refractivity contribution < 1.29 is 4.79 Å². The first-order chi connectivity index (χ1) is 8.25. The van der Waals surface area contributed by atoms with Gasteiger partial charge in [-0.15, -0.1) is 0 Å². The number of aryl methyl sites for hydroxylation is 1. The number of hydrogen-bond donors (Lipinski definition) is 1. The molecule has 17 heavy (non-hydrogen) atoms. The molecule has 0 aliphatic rings. The molecule has 0 heterocycles. The fraction of sp³-hybridized carbons (Fsp3) is 0.0714. The van der Waals surface area contributed by atoms with Crippen LogP contribution in [0.15, 0.2) is 59.5 Å². The third kappa shape index (κ3) is 3.36. The summed E-state index contributed by atoms with van der Waals surface area (Å²) in [6, 6.07) is 17.3. The Kier molecular flexibility index (Phi) is 3.83. The minimum Gasteiger partial charge on any atom is -0.292 e. The van der Waals surface area contributed by atoms with E-state index in [1.165, 1.54) is 11.9 Å². The predicted molar refractivity (Wildman–Crippen MR) is 70.9 cm³/mol. The second-order valence-corrected chi connectivity index (χ2v) is 4.59. The SMILES string of the molecule is Cc1ccc(C(=O)NSc2ccccc2)cc1. The summed E-state index contributed by atoms with van der Waals surface area (Å²) in [7, 11) is 0. The van der Waals surface area contributed by atoms with Crippen LogP contribution in [0.1, 0.15) is 15.9 Å². The Balaban J connectivity index is 1.96. The van der Waals surface area contributed by atoms with Crippen molar-refractivity contribution in [2.24, 2.45) is 0 Å². The van der Waals surface area contributed by atoms with Gasteiger partial charge in [-0.1, -0.05) is 35.9 Å². The first kappa shape index (κ1) is 11.7. The zero-order valence-corrected chi connectivity index (χ0v) is 10.3. The van der Waals surface area contributed by atoms with Crippen molar-refractivity contribution in [1.82, 2.24) is 4.72 Å². The Morgan fingerprint density at radius 3 is 2.29 bits per heavy atom. The van der Waals surface area contributed by atoms with Crippen LogP contribution in [-0.4, -0.2) is 5.91 Å². The molecule has 0 aromatic heterocycles. The van der Waals surface area contributed by atoms with Crippen molar-refractivity contribution in [3.05, 3.63) is 65.7 Å². The number of carbonyl (C=O) groups excluding carboxylic acids is 1. The highest BCUT2D eigenvalue weighted by Gasteiger charge is 2.04. The maximum atomic E-state index is 11.8. The average Bonchev–Trinajstić information content (AvgIpc) is 2.38. The summed E-state index contributed by atoms with van der Waals surface area (Å²) in [4.78, 5) is 12.8. The number of amides is 1. The molecule has 2 aromatic carbocycles. The van der Waals surface area contributed by atoms with Crippen molar-refractivity contribution in [1.29, 1.82) is 0 Å². The molecule has 0 saturated carbocycles. The Bertz CT molecular complexity index is 493. The molecule has 0 fully saturated rings. The van der Waals surface area contributed by atoms with E-state index in [9.17, 15) is 4.79 Å². The van der Waals surface area contributed by atoms with Crippen LogP contribution in [0.2, 0.25) is 0 Å². The molecule has 1 amide bonds. The largest absolute Gasteiger partial charge is 0.292 e. The smallest absolute Gasteiger partial charge is 0.261 e. The lowest BCUT2D eigenvalue weighted by molar-refractivity contribution is 0.0984. The molecule has 0 saturated heterocycles. The summed E-state index contributed by atoms with van der Waals surface area (Å²) < 4.78 is 2.81. The highest BCUT2D eigenvalue weighted by molar-refractivity contribution is 7.98. The van der Waals surface area contributed by atoms with Gasteiger partial charge in [0.15, 0.2) is 0 Å². The zero-order chi connectivity index (χ0) is 12.1. The van der Waals surface area contributed by atoms with E-state index in [1.54, 1.807) is 0 Å². The Morgan fingerprint density at radius 2 is 1.65 bits per heavy atom. The lowest BCUT2D eigenvalue weighted by Crippen LogP contribution is -2.15. The van der Waals surface area contributed by atoms with E-state index in [0.29, 0.717) is 5.56 Å². The van der Waals surface area contributed by atoms with E-state index in [-0.39, 0.29) is 5.91 Å². The molecule has 2 nitrogen and oxygen atoms in total. The molecule has 2 aromatic rings. The van der Waals surface area contributed by atoms with Crippen LogP contribution in [0.5, 0.6) is 0 Å². The fourth-order valence-corrected chi connectivity index (χ4v) is 1.98. The van der Waals surface area contributed by atoms with Gasteiger partial charge in [0.1, 0.15) is 0 Å². The van der Waals surface area contributed by atoms with Gasteiger partial charge in [0, 0.05) is 10.5 Å². The lowest BCUT2D eigenvalue weighted by Gasteiger charge is -2.04. The van der Waals surface area contributed by atoms with Crippen molar-refractivity contribution in [2.45, 2.75) is 11.8 Å². The molecular formula is C14H13NOS. The second-order valence-electron chi connectivity index (χ2n) is 3.71. The molecule has 0 bridgehead atoms. The number of hydrogen-bond acceptors (Lipinski definition) is 2. The molecule has 86 valence electrons. The summed E-state index contributed by atoms with van der Waals surface area (Å²) in [6.07, 6.45) is 0. The van der Waals surface area contributed by atoms with Crippen molar-refractivity contribution >= 4 is 17.9 Å². The van der Waals surface area contributed by atoms with Crippen molar-refractivity contribution in [2.75, 3.05) is 0 Å². The minimum absolute atomic E-state index is 0.0705. The topological polar surface area (TPSA) is 29.1 Å². The monoisotopic (exact) mass is 243 g/mol. The molecule has 3 heteroatoms. The van der Waals surface area contributed by atoms with Gasteiger partial charge in [-0.05, 0) is 43.1 Å². The van der Waals surface area contributed by atoms with Crippen LogP contribution >= 0.6 is 11.9 Å². The highest BCUT2D eigenvalue weighted by atomic mass is 32.2. The van der Waals surface area contributed by atoms with Gasteiger partial charge in [0.2, 0.25) is 0 Å². The second kappa shape index (κ2) is 5.55. The fourth-order valence-electron chi connectivity index (χ4n) is 1.36. The molecule has 0 aliphatic heterocycles. The summed E-state index contributed by atoms with van der Waals surface area (Å²) in [5, 5.41) is 0. The van der Waals surface area contributed by atoms with Gasteiger partial charge in [-0.3, -0.25) is 9.52 Å². The Hall–Kier alpha value is -1.74. The van der Waals surface area contributed by atoms with E-state index in [0.717, 1.165) is 10.5 Å². The van der Waals surface area contributed by atoms with Crippen LogP contribution in [0, 0.1) is 6.92 Å². The van der Waals surface area contributed by atoms with E-state index in [4.69, 9.17) is 0 Å². The van der Waals surface area contributed by atoms with Gasteiger partial charge in [-0.2, -0.15) is 0 Å². The number of carbonyl (C=O) groups is 1. The highest BCUT2D eigenvalue weighted by Crippen LogP contribution is 2.14. The molecule has 0 spiro atoms. The molecule has 0 aliphatic carbocycles. The predicted octanol–water partition coefficient (Wildman–Crippen LogP) is 3.43. The first-order valence-electron chi connectivity index (χ1n) is 5.34. The van der Waals surface area contributed by atoms with Crippen LogP contribution in [-0.2, 0) is 0 Å². The van der Waals surface area contributed by atoms with Gasteiger partial charge < -0.3 is 0 Å². The normalized spacial score (nSPS) is 9.94. The third-order valence-corrected chi connectivity index (χ3v) is 3.11. The first-order valence-corrected chi connectivity index (χ1v) is 6.16.